The van der Waals surface area contributed by atoms with Crippen molar-refractivity contribution in [3.05, 3.63) is 58.5 Å². The number of fused-ring (bicyclic) bond motifs is 2. The Kier molecular flexibility index (Phi) is 13.9. The quantitative estimate of drug-likeness (QED) is 0.131. The first-order valence-corrected chi connectivity index (χ1v) is 13.9. The zero-order valence-corrected chi connectivity index (χ0v) is 25.3. The van der Waals surface area contributed by atoms with Crippen LogP contribution in [0.2, 0.25) is 0 Å². The molecule has 43 heavy (non-hydrogen) atoms. The fraction of sp³-hybridized carbons (Fsp3) is 0.533. The lowest BCUT2D eigenvalue weighted by Crippen LogP contribution is -2.38. The van der Waals surface area contributed by atoms with Gasteiger partial charge in [0.05, 0.1) is 23.6 Å². The summed E-state index contributed by atoms with van der Waals surface area (Å²) < 4.78 is 29.4. The number of alkyl halides is 1. The lowest BCUT2D eigenvalue weighted by Gasteiger charge is -2.30. The predicted octanol–water partition coefficient (Wildman–Crippen LogP) is 2.34. The van der Waals surface area contributed by atoms with E-state index in [-0.39, 0.29) is 47.8 Å². The number of carbonyl (C=O) groups is 4. The molecule has 0 aromatic heterocycles. The molecule has 13 heteroatoms. The van der Waals surface area contributed by atoms with E-state index in [1.54, 1.807) is 19.9 Å². The standard InChI is InChI=1S/C30H42FN3O9/c1-16-12-20-25(32-11-10-31)22(35)15-21(27(20)37)33-29(38)17(2)8-7-9-23(41-5)28(43-30(39)34-40)19(4)14-18(3)26(36)24(13-16)42-6/h7-9,14-16,18,23-24,26,28,32,36,40H,10-13H2,1-6H3,(H,33,38)(H,34,39)/b9-7-,17-8+,19-14+/t16-,18+,23+,24+,26-,28+/m1/s1. The van der Waals surface area contributed by atoms with Gasteiger partial charge < -0.3 is 30.0 Å². The maximum Gasteiger partial charge on any atom is 0.431 e. The highest BCUT2D eigenvalue weighted by Gasteiger charge is 2.33. The molecule has 0 saturated heterocycles. The van der Waals surface area contributed by atoms with E-state index in [1.807, 2.05) is 6.92 Å². The van der Waals surface area contributed by atoms with Crippen LogP contribution in [0.5, 0.6) is 0 Å². The number of amides is 2. The van der Waals surface area contributed by atoms with Crippen LogP contribution < -0.4 is 16.1 Å². The summed E-state index contributed by atoms with van der Waals surface area (Å²) in [6.45, 7) is 5.81. The minimum Gasteiger partial charge on any atom is -0.437 e. The molecule has 0 fully saturated rings. The van der Waals surface area contributed by atoms with Crippen LogP contribution in [-0.2, 0) is 28.6 Å². The van der Waals surface area contributed by atoms with E-state index in [1.165, 1.54) is 44.9 Å². The van der Waals surface area contributed by atoms with Crippen molar-refractivity contribution in [2.24, 2.45) is 11.8 Å². The number of ether oxygens (including phenoxy) is 3. The van der Waals surface area contributed by atoms with Crippen molar-refractivity contribution < 1.29 is 48.1 Å². The third-order valence-corrected chi connectivity index (χ3v) is 7.27. The van der Waals surface area contributed by atoms with Crippen molar-refractivity contribution in [1.29, 1.82) is 0 Å². The first-order valence-electron chi connectivity index (χ1n) is 13.9. The first kappa shape index (κ1) is 35.5. The number of Topliss-reactive ketones (excluding diaryl/α,β-unsaturated/α-hetero) is 1. The highest BCUT2D eigenvalue weighted by Crippen LogP contribution is 2.28. The summed E-state index contributed by atoms with van der Waals surface area (Å²) in [6, 6.07) is 0. The molecular weight excluding hydrogens is 565 g/mol. The summed E-state index contributed by atoms with van der Waals surface area (Å²) in [5, 5.41) is 25.4. The van der Waals surface area contributed by atoms with Crippen LogP contribution in [0.3, 0.4) is 0 Å². The molecule has 5 N–H and O–H groups in total. The lowest BCUT2D eigenvalue weighted by molar-refractivity contribution is -0.120. The zero-order valence-electron chi connectivity index (χ0n) is 25.3. The van der Waals surface area contributed by atoms with Gasteiger partial charge in [-0.2, -0.15) is 0 Å². The Bertz CT molecular complexity index is 1210. The van der Waals surface area contributed by atoms with Crippen molar-refractivity contribution in [3.63, 3.8) is 0 Å². The number of rotatable bonds is 6. The second-order valence-electron chi connectivity index (χ2n) is 10.6. The Morgan fingerprint density at radius 2 is 1.86 bits per heavy atom. The SMILES string of the molecule is CO[C@H]1/C=C\C=C(/C)C(=O)NC2=CC(=O)C(NCCF)=C(C[C@@H](C)C[C@H](OC)[C@H](O)[C@@H](C)/C=C(\C)[C@@H]1OC(=O)NO)C2=O. The zero-order chi connectivity index (χ0) is 32.3. The van der Waals surface area contributed by atoms with Gasteiger partial charge in [0.25, 0.3) is 5.91 Å². The topological polar surface area (TPSA) is 173 Å². The number of hydrogen-bond donors (Lipinski definition) is 5. The van der Waals surface area contributed by atoms with Gasteiger partial charge in [-0.15, -0.1) is 0 Å². The number of methoxy groups -OCH3 is 2. The molecule has 238 valence electrons. The molecule has 2 rings (SSSR count). The van der Waals surface area contributed by atoms with Gasteiger partial charge in [0.15, 0.2) is 6.10 Å². The molecule has 0 radical (unpaired) electrons. The Morgan fingerprint density at radius 1 is 1.16 bits per heavy atom. The monoisotopic (exact) mass is 607 g/mol. The average Bonchev–Trinajstić information content (AvgIpc) is 2.97. The van der Waals surface area contributed by atoms with Gasteiger partial charge in [-0.05, 0) is 38.2 Å². The maximum atomic E-state index is 13.5. The average molecular weight is 608 g/mol. The molecular formula is C30H42FN3O9. The summed E-state index contributed by atoms with van der Waals surface area (Å²) in [6.07, 6.45) is 2.77. The van der Waals surface area contributed by atoms with Crippen LogP contribution in [0.4, 0.5) is 9.18 Å². The Labute approximate surface area is 250 Å². The van der Waals surface area contributed by atoms with Crippen LogP contribution >= 0.6 is 0 Å². The van der Waals surface area contributed by atoms with Gasteiger partial charge in [0.2, 0.25) is 11.6 Å². The van der Waals surface area contributed by atoms with E-state index < -0.39 is 60.6 Å². The van der Waals surface area contributed by atoms with E-state index in [2.05, 4.69) is 10.6 Å². The Hall–Kier alpha value is -3.65. The number of carbonyl (C=O) groups excluding carboxylic acids is 4. The number of halogens is 1. The van der Waals surface area contributed by atoms with E-state index in [9.17, 15) is 28.7 Å². The fourth-order valence-corrected chi connectivity index (χ4v) is 4.97. The molecule has 0 aromatic rings. The third-order valence-electron chi connectivity index (χ3n) is 7.27. The van der Waals surface area contributed by atoms with E-state index in [0.29, 0.717) is 5.57 Å². The van der Waals surface area contributed by atoms with Crippen molar-refractivity contribution in [2.45, 2.75) is 65.0 Å². The van der Waals surface area contributed by atoms with Crippen LogP contribution in [0.25, 0.3) is 0 Å². The Morgan fingerprint density at radius 3 is 2.47 bits per heavy atom. The minimum absolute atomic E-state index is 0.0291. The summed E-state index contributed by atoms with van der Waals surface area (Å²) in [7, 11) is 2.83. The van der Waals surface area contributed by atoms with Gasteiger partial charge >= 0.3 is 6.09 Å². The van der Waals surface area contributed by atoms with Crippen molar-refractivity contribution in [2.75, 3.05) is 27.4 Å². The summed E-state index contributed by atoms with van der Waals surface area (Å²) >= 11 is 0. The van der Waals surface area contributed by atoms with Gasteiger partial charge in [-0.25, -0.2) is 14.7 Å². The first-order chi connectivity index (χ1) is 20.4. The van der Waals surface area contributed by atoms with Gasteiger partial charge in [-0.1, -0.05) is 38.2 Å². The number of hydroxylamine groups is 1. The molecule has 1 aliphatic carbocycles. The van der Waals surface area contributed by atoms with E-state index >= 15 is 0 Å². The number of aliphatic hydroxyl groups excluding tert-OH is 1. The van der Waals surface area contributed by atoms with Crippen molar-refractivity contribution in [1.82, 2.24) is 16.1 Å². The Balaban J connectivity index is 2.62. The summed E-state index contributed by atoms with van der Waals surface area (Å²) in [5.41, 5.74) is 1.97. The molecule has 2 bridgehead atoms. The van der Waals surface area contributed by atoms with Gasteiger partial charge in [0, 0.05) is 43.9 Å². The lowest BCUT2D eigenvalue weighted by atomic mass is 9.85. The largest absolute Gasteiger partial charge is 0.437 e. The van der Waals surface area contributed by atoms with Crippen LogP contribution in [0.15, 0.2) is 58.5 Å². The molecule has 0 aromatic carbocycles. The van der Waals surface area contributed by atoms with Crippen LogP contribution in [0.1, 0.15) is 40.5 Å². The molecule has 6 atom stereocenters. The molecule has 12 nitrogen and oxygen atoms in total. The van der Waals surface area contributed by atoms with Crippen molar-refractivity contribution >= 4 is 23.6 Å². The molecule has 0 saturated carbocycles. The van der Waals surface area contributed by atoms with Crippen molar-refractivity contribution in [3.8, 4) is 0 Å². The van der Waals surface area contributed by atoms with Gasteiger partial charge in [-0.3, -0.25) is 19.6 Å². The molecule has 0 unspecified atom stereocenters. The summed E-state index contributed by atoms with van der Waals surface area (Å²) in [4.78, 5) is 51.3. The maximum absolute atomic E-state index is 13.5. The predicted molar refractivity (Wildman–Crippen MR) is 154 cm³/mol. The number of aliphatic hydroxyl groups is 1. The molecule has 2 amide bonds. The normalized spacial score (nSPS) is 31.2. The summed E-state index contributed by atoms with van der Waals surface area (Å²) in [5.74, 6) is -2.60. The molecule has 2 aliphatic rings. The van der Waals surface area contributed by atoms with E-state index in [0.717, 1.165) is 6.08 Å². The fourth-order valence-electron chi connectivity index (χ4n) is 4.97. The number of nitrogens with one attached hydrogen (secondary N) is 3. The highest BCUT2D eigenvalue weighted by atomic mass is 19.1. The highest BCUT2D eigenvalue weighted by molar-refractivity contribution is 6.23. The smallest absolute Gasteiger partial charge is 0.431 e. The minimum atomic E-state index is -1.12. The van der Waals surface area contributed by atoms with Gasteiger partial charge in [0.1, 0.15) is 12.8 Å². The second kappa shape index (κ2) is 16.8. The molecule has 1 heterocycles. The number of hydrogen-bond acceptors (Lipinski definition) is 10. The third kappa shape index (κ3) is 9.68. The second-order valence-corrected chi connectivity index (χ2v) is 10.6. The number of allylic oxidation sites excluding steroid dienone is 4. The molecule has 0 spiro atoms. The van der Waals surface area contributed by atoms with Crippen LogP contribution in [0, 0.1) is 11.8 Å². The molecule has 1 aliphatic heterocycles. The van der Waals surface area contributed by atoms with E-state index in [4.69, 9.17) is 19.4 Å². The number of ketones is 2. The van der Waals surface area contributed by atoms with Crippen LogP contribution in [-0.4, -0.2) is 85.7 Å².